The van der Waals surface area contributed by atoms with Gasteiger partial charge in [-0.15, -0.1) is 0 Å². The van der Waals surface area contributed by atoms with Gasteiger partial charge in [-0.25, -0.2) is 0 Å². The van der Waals surface area contributed by atoms with Gasteiger partial charge in [-0.1, -0.05) is 0 Å². The lowest BCUT2D eigenvalue weighted by Gasteiger charge is -2.46. The Morgan fingerprint density at radius 3 is 3.04 bits per heavy atom. The predicted molar refractivity (Wildman–Crippen MR) is 108 cm³/mol. The molecule has 0 spiro atoms. The van der Waals surface area contributed by atoms with Crippen molar-refractivity contribution in [2.24, 2.45) is 11.8 Å². The summed E-state index contributed by atoms with van der Waals surface area (Å²) in [4.78, 5) is 16.9. The van der Waals surface area contributed by atoms with E-state index in [9.17, 15) is 4.79 Å². The van der Waals surface area contributed by atoms with Crippen molar-refractivity contribution in [1.29, 1.82) is 0 Å². The molecular weight excluding hydrogens is 356 g/mol. The summed E-state index contributed by atoms with van der Waals surface area (Å²) in [6, 6.07) is 6.67. The van der Waals surface area contributed by atoms with Crippen molar-refractivity contribution in [3.8, 4) is 5.75 Å². The third-order valence-corrected chi connectivity index (χ3v) is 6.82. The number of nitrogens with one attached hydrogen (secondary N) is 2. The van der Waals surface area contributed by atoms with Gasteiger partial charge in [0.1, 0.15) is 29.9 Å². The second-order valence-corrected chi connectivity index (χ2v) is 8.30. The molecule has 2 N–H and O–H groups in total. The maximum absolute atomic E-state index is 11.6. The van der Waals surface area contributed by atoms with E-state index in [4.69, 9.17) is 14.2 Å². The largest absolute Gasteiger partial charge is 0.497 e. The van der Waals surface area contributed by atoms with Gasteiger partial charge < -0.3 is 24.1 Å². The number of fused-ring (bicyclic) bond motifs is 6. The van der Waals surface area contributed by atoms with Crippen molar-refractivity contribution in [2.45, 2.75) is 38.8 Å². The summed E-state index contributed by atoms with van der Waals surface area (Å²) in [7, 11) is 1.70. The summed E-state index contributed by atoms with van der Waals surface area (Å²) >= 11 is 0. The molecule has 1 saturated heterocycles. The van der Waals surface area contributed by atoms with Crippen LogP contribution in [0, 0.1) is 11.8 Å². The normalized spacial score (nSPS) is 31.1. The molecule has 4 heterocycles. The number of hydrogen-bond donors (Lipinski definition) is 2. The van der Waals surface area contributed by atoms with Gasteiger partial charge in [-0.3, -0.25) is 4.79 Å². The first-order valence-electron chi connectivity index (χ1n) is 10.1. The molecule has 28 heavy (non-hydrogen) atoms. The fourth-order valence-electron chi connectivity index (χ4n) is 5.46. The number of rotatable bonds is 2. The Bertz CT molecular complexity index is 973. The second-order valence-electron chi connectivity index (χ2n) is 8.30. The van der Waals surface area contributed by atoms with E-state index in [2.05, 4.69) is 24.0 Å². The van der Waals surface area contributed by atoms with Crippen LogP contribution in [0.15, 0.2) is 30.2 Å². The van der Waals surface area contributed by atoms with Crippen LogP contribution in [0.25, 0.3) is 10.9 Å². The van der Waals surface area contributed by atoms with Crippen LogP contribution in [-0.4, -0.2) is 37.3 Å². The zero-order valence-electron chi connectivity index (χ0n) is 16.6. The summed E-state index contributed by atoms with van der Waals surface area (Å²) in [5.41, 5.74) is 3.91. The number of hydrogen-bond acceptors (Lipinski definition) is 4. The summed E-state index contributed by atoms with van der Waals surface area (Å²) in [6.07, 6.45) is 3.85. The molecule has 1 fully saturated rings. The molecule has 1 aromatic carbocycles. The monoisotopic (exact) mass is 387 g/mol. The van der Waals surface area contributed by atoms with Crippen molar-refractivity contribution in [1.82, 2.24) is 4.98 Å². The number of ether oxygens (including phenoxy) is 3. The number of aromatic amines is 1. The van der Waals surface area contributed by atoms with Gasteiger partial charge in [0.2, 0.25) is 0 Å². The minimum Gasteiger partial charge on any atom is -0.497 e. The Hall–Kier alpha value is -2.47. The molecule has 6 heteroatoms. The van der Waals surface area contributed by atoms with Crippen LogP contribution < -0.4 is 9.64 Å². The number of piperidine rings is 1. The van der Waals surface area contributed by atoms with Crippen LogP contribution in [0.3, 0.4) is 0 Å². The molecule has 0 aliphatic carbocycles. The molecule has 3 aliphatic heterocycles. The highest BCUT2D eigenvalue weighted by molar-refractivity contribution is 5.86. The first-order valence-corrected chi connectivity index (χ1v) is 10.1. The molecular formula is C22H31N2O4+. The maximum Gasteiger partial charge on any atom is 0.307 e. The molecule has 5 rings (SSSR count). The van der Waals surface area contributed by atoms with E-state index in [-0.39, 0.29) is 20.8 Å². The lowest BCUT2D eigenvalue weighted by Crippen LogP contribution is -3.15. The zero-order chi connectivity index (χ0) is 19.4. The van der Waals surface area contributed by atoms with Gasteiger partial charge in [-0.2, -0.15) is 0 Å². The van der Waals surface area contributed by atoms with Gasteiger partial charge in [0.25, 0.3) is 0 Å². The van der Waals surface area contributed by atoms with Gasteiger partial charge in [0.15, 0.2) is 0 Å². The smallest absolute Gasteiger partial charge is 0.307 e. The molecule has 6 nitrogen and oxygen atoms in total. The quantitative estimate of drug-likeness (QED) is 0.778. The molecule has 152 valence electrons. The number of quaternary nitrogens is 1. The highest BCUT2D eigenvalue weighted by Crippen LogP contribution is 2.41. The van der Waals surface area contributed by atoms with Crippen molar-refractivity contribution < 1.29 is 26.8 Å². The van der Waals surface area contributed by atoms with E-state index in [0.29, 0.717) is 17.7 Å². The Morgan fingerprint density at radius 2 is 2.25 bits per heavy atom. The number of benzene rings is 1. The van der Waals surface area contributed by atoms with Crippen molar-refractivity contribution in [3.05, 3.63) is 41.5 Å². The minimum absolute atomic E-state index is 0. The fraction of sp³-hybridized carbons (Fsp3) is 0.500. The number of carbonyl (C=O) groups is 1. The molecule has 0 bridgehead atoms. The number of methoxy groups -OCH3 is 1. The average Bonchev–Trinajstić information content (AvgIpc) is 3.07. The lowest BCUT2D eigenvalue weighted by molar-refractivity contribution is -0.945. The van der Waals surface area contributed by atoms with E-state index in [1.54, 1.807) is 18.3 Å². The van der Waals surface area contributed by atoms with E-state index in [1.165, 1.54) is 23.6 Å². The highest BCUT2D eigenvalue weighted by atomic mass is 16.6. The van der Waals surface area contributed by atoms with Crippen LogP contribution in [0.2, 0.25) is 0 Å². The average molecular weight is 388 g/mol. The Kier molecular flexibility index (Phi) is 4.12. The van der Waals surface area contributed by atoms with Crippen LogP contribution >= 0.6 is 0 Å². The molecule has 1 aromatic heterocycles. The molecule has 0 saturated carbocycles. The standard InChI is InChI=1S/C22H26N2O4.2H2/c1-12-18-10-24-7-6-16-15-5-4-14(26-3)8-19(15)23-22(16)20(24)9-17(18)21(11-27-12)28-13(2)25;;/h4-5,8,11-12,17-18,20,23H,6-7,9-10H2,1-3H3;2*1H/p+1/t12-,17?,18-,20?;;/m1../s1. The van der Waals surface area contributed by atoms with Crippen molar-refractivity contribution >= 4 is 16.9 Å². The summed E-state index contributed by atoms with van der Waals surface area (Å²) in [5.74, 6) is 1.88. The van der Waals surface area contributed by atoms with Crippen LogP contribution in [0.1, 0.15) is 40.4 Å². The van der Waals surface area contributed by atoms with Crippen LogP contribution in [0.5, 0.6) is 5.75 Å². The van der Waals surface area contributed by atoms with Crippen molar-refractivity contribution in [3.63, 3.8) is 0 Å². The van der Waals surface area contributed by atoms with E-state index in [0.717, 1.165) is 37.2 Å². The summed E-state index contributed by atoms with van der Waals surface area (Å²) < 4.78 is 16.7. The van der Waals surface area contributed by atoms with E-state index < -0.39 is 0 Å². The number of aromatic nitrogens is 1. The van der Waals surface area contributed by atoms with E-state index in [1.807, 2.05) is 6.07 Å². The van der Waals surface area contributed by atoms with Gasteiger partial charge in [-0.05, 0) is 24.6 Å². The SMILES string of the molecule is COc1ccc2c3c([nH]c2c1)C1CC2C(OC(C)=O)=CO[C@H](C)[C@H]2C[NH+]1CC3.[HH].[HH]. The van der Waals surface area contributed by atoms with Gasteiger partial charge in [0, 0.05) is 45.5 Å². The third kappa shape index (κ3) is 2.70. The lowest BCUT2D eigenvalue weighted by atomic mass is 9.74. The first-order chi connectivity index (χ1) is 13.5. The van der Waals surface area contributed by atoms with Crippen molar-refractivity contribution in [2.75, 3.05) is 20.2 Å². The Morgan fingerprint density at radius 1 is 1.39 bits per heavy atom. The number of esters is 1. The number of H-pyrrole nitrogens is 1. The Labute approximate surface area is 167 Å². The van der Waals surface area contributed by atoms with Gasteiger partial charge in [0.05, 0.1) is 31.8 Å². The molecule has 0 radical (unpaired) electrons. The molecule has 2 aromatic rings. The summed E-state index contributed by atoms with van der Waals surface area (Å²) in [5, 5.41) is 1.30. The van der Waals surface area contributed by atoms with Crippen LogP contribution in [0.4, 0.5) is 0 Å². The molecule has 3 unspecified atom stereocenters. The van der Waals surface area contributed by atoms with Gasteiger partial charge >= 0.3 is 5.97 Å². The Balaban J connectivity index is 0.00000128. The maximum atomic E-state index is 11.6. The molecule has 5 atom stereocenters. The third-order valence-electron chi connectivity index (χ3n) is 6.82. The summed E-state index contributed by atoms with van der Waals surface area (Å²) in [6.45, 7) is 5.74. The first kappa shape index (κ1) is 17.6. The molecule has 0 amide bonds. The van der Waals surface area contributed by atoms with E-state index >= 15 is 0 Å². The number of carbonyl (C=O) groups excluding carboxylic acids is 1. The molecule has 3 aliphatic rings. The zero-order valence-corrected chi connectivity index (χ0v) is 16.6. The fourth-order valence-corrected chi connectivity index (χ4v) is 5.46. The number of allylic oxidation sites excluding steroid dienone is 1. The van der Waals surface area contributed by atoms with Crippen LogP contribution in [-0.2, 0) is 20.7 Å². The minimum atomic E-state index is -0.278. The topological polar surface area (TPSA) is 65.0 Å². The predicted octanol–water partition coefficient (Wildman–Crippen LogP) is 2.61. The second kappa shape index (κ2) is 6.55. The highest BCUT2D eigenvalue weighted by Gasteiger charge is 2.49.